The van der Waals surface area contributed by atoms with Crippen LogP contribution in [0, 0.1) is 5.41 Å². The number of benzene rings is 1. The van der Waals surface area contributed by atoms with Gasteiger partial charge in [-0.15, -0.1) is 0 Å². The zero-order chi connectivity index (χ0) is 15.0. The van der Waals surface area contributed by atoms with Gasteiger partial charge in [-0.05, 0) is 24.0 Å². The molecule has 0 saturated carbocycles. The maximum atomic E-state index is 11.1. The van der Waals surface area contributed by atoms with E-state index in [1.807, 2.05) is 52.0 Å². The lowest BCUT2D eigenvalue weighted by Gasteiger charge is -2.42. The van der Waals surface area contributed by atoms with Crippen molar-refractivity contribution in [1.29, 1.82) is 0 Å². The molecule has 2 unspecified atom stereocenters. The predicted molar refractivity (Wildman–Crippen MR) is 79.8 cm³/mol. The third-order valence-electron chi connectivity index (χ3n) is 4.00. The highest BCUT2D eigenvalue weighted by molar-refractivity contribution is 6.31. The number of hydrogen-bond donors (Lipinski definition) is 2. The van der Waals surface area contributed by atoms with Crippen LogP contribution in [0.4, 0.5) is 0 Å². The van der Waals surface area contributed by atoms with Gasteiger partial charge < -0.3 is 5.11 Å². The number of nitrogens with zero attached hydrogens (tertiary/aromatic N) is 2. The molecule has 5 heteroatoms. The molecule has 1 aromatic heterocycles. The smallest absolute Gasteiger partial charge is 0.137 e. The molecule has 108 valence electrons. The van der Waals surface area contributed by atoms with Crippen molar-refractivity contribution in [2.45, 2.75) is 39.2 Å². The molecular weight excluding hydrogens is 274 g/mol. The Morgan fingerprint density at radius 2 is 1.85 bits per heavy atom. The van der Waals surface area contributed by atoms with E-state index in [1.54, 1.807) is 0 Å². The van der Waals surface area contributed by atoms with Crippen molar-refractivity contribution in [2.24, 2.45) is 5.41 Å². The fraction of sp³-hybridized carbons (Fsp3) is 0.467. The lowest BCUT2D eigenvalue weighted by atomic mass is 9.67. The molecule has 0 aliphatic heterocycles. The van der Waals surface area contributed by atoms with Gasteiger partial charge in [0.15, 0.2) is 0 Å². The number of halogens is 1. The Bertz CT molecular complexity index is 573. The fourth-order valence-corrected chi connectivity index (χ4v) is 2.46. The number of nitrogens with one attached hydrogen (secondary N) is 1. The normalized spacial score (nSPS) is 16.7. The second kappa shape index (κ2) is 5.19. The van der Waals surface area contributed by atoms with E-state index in [1.165, 1.54) is 6.33 Å². The molecule has 20 heavy (non-hydrogen) atoms. The summed E-state index contributed by atoms with van der Waals surface area (Å²) in [6, 6.07) is 7.51. The molecule has 2 rings (SSSR count). The van der Waals surface area contributed by atoms with Crippen molar-refractivity contribution in [3.05, 3.63) is 47.0 Å². The summed E-state index contributed by atoms with van der Waals surface area (Å²) in [6.45, 7) is 7.79. The number of aliphatic hydroxyl groups is 1. The molecule has 0 amide bonds. The molecule has 0 aliphatic rings. The van der Waals surface area contributed by atoms with Crippen molar-refractivity contribution < 1.29 is 5.11 Å². The van der Waals surface area contributed by atoms with Crippen molar-refractivity contribution in [3.63, 3.8) is 0 Å². The topological polar surface area (TPSA) is 61.8 Å². The Morgan fingerprint density at radius 3 is 2.35 bits per heavy atom. The van der Waals surface area contributed by atoms with E-state index in [0.29, 0.717) is 10.8 Å². The SMILES string of the molecule is CC(C)(C)C(C)(O)C(c1ncn[nH]1)c1ccccc1Cl. The first-order valence-electron chi connectivity index (χ1n) is 6.57. The van der Waals surface area contributed by atoms with Crippen molar-refractivity contribution in [1.82, 2.24) is 15.2 Å². The molecule has 2 atom stereocenters. The molecule has 0 bridgehead atoms. The lowest BCUT2D eigenvalue weighted by molar-refractivity contribution is -0.0563. The van der Waals surface area contributed by atoms with Gasteiger partial charge in [-0.25, -0.2) is 4.98 Å². The average molecular weight is 294 g/mol. The van der Waals surface area contributed by atoms with Crippen LogP contribution in [0.15, 0.2) is 30.6 Å². The first-order valence-corrected chi connectivity index (χ1v) is 6.95. The third kappa shape index (κ3) is 2.58. The number of hydrogen-bond acceptors (Lipinski definition) is 3. The lowest BCUT2D eigenvalue weighted by Crippen LogP contribution is -2.46. The van der Waals surface area contributed by atoms with Gasteiger partial charge in [0.25, 0.3) is 0 Å². The van der Waals surface area contributed by atoms with Crippen LogP contribution in [0.2, 0.25) is 5.02 Å². The van der Waals surface area contributed by atoms with Crippen LogP contribution < -0.4 is 0 Å². The number of aromatic nitrogens is 3. The molecule has 0 fully saturated rings. The van der Waals surface area contributed by atoms with Crippen LogP contribution >= 0.6 is 11.6 Å². The van der Waals surface area contributed by atoms with Gasteiger partial charge in [-0.3, -0.25) is 5.10 Å². The maximum Gasteiger partial charge on any atom is 0.137 e. The molecule has 0 aliphatic carbocycles. The van der Waals surface area contributed by atoms with Gasteiger partial charge in [0.1, 0.15) is 12.2 Å². The Kier molecular flexibility index (Phi) is 3.89. The van der Waals surface area contributed by atoms with Crippen LogP contribution in [0.1, 0.15) is 45.0 Å². The Hall–Kier alpha value is -1.39. The van der Waals surface area contributed by atoms with Gasteiger partial charge in [-0.2, -0.15) is 5.10 Å². The second-order valence-electron chi connectivity index (χ2n) is 6.22. The standard InChI is InChI=1S/C15H20ClN3O/c1-14(2,3)15(4,20)12(13-17-9-18-19-13)10-7-5-6-8-11(10)16/h5-9,12,20H,1-4H3,(H,17,18,19). The van der Waals surface area contributed by atoms with E-state index in [4.69, 9.17) is 11.6 Å². The monoisotopic (exact) mass is 293 g/mol. The van der Waals surface area contributed by atoms with E-state index < -0.39 is 5.60 Å². The van der Waals surface area contributed by atoms with Gasteiger partial charge in [0.05, 0.1) is 11.5 Å². The summed E-state index contributed by atoms with van der Waals surface area (Å²) < 4.78 is 0. The van der Waals surface area contributed by atoms with Crippen LogP contribution in [0.25, 0.3) is 0 Å². The number of rotatable bonds is 3. The summed E-state index contributed by atoms with van der Waals surface area (Å²) in [4.78, 5) is 4.23. The fourth-order valence-electron chi connectivity index (χ4n) is 2.21. The maximum absolute atomic E-state index is 11.1. The van der Waals surface area contributed by atoms with Gasteiger partial charge >= 0.3 is 0 Å². The molecular formula is C15H20ClN3O. The Morgan fingerprint density at radius 1 is 1.20 bits per heavy atom. The molecule has 2 aromatic rings. The van der Waals surface area contributed by atoms with Crippen molar-refractivity contribution >= 4 is 11.6 Å². The van der Waals surface area contributed by atoms with Crippen LogP contribution in [0.3, 0.4) is 0 Å². The van der Waals surface area contributed by atoms with Crippen molar-refractivity contribution in [2.75, 3.05) is 0 Å². The largest absolute Gasteiger partial charge is 0.389 e. The number of H-pyrrole nitrogens is 1. The summed E-state index contributed by atoms with van der Waals surface area (Å²) in [5, 5.41) is 18.5. The summed E-state index contributed by atoms with van der Waals surface area (Å²) in [6.07, 6.45) is 1.44. The molecule has 1 heterocycles. The highest BCUT2D eigenvalue weighted by Gasteiger charge is 2.46. The van der Waals surface area contributed by atoms with E-state index in [0.717, 1.165) is 5.56 Å². The van der Waals surface area contributed by atoms with E-state index in [-0.39, 0.29) is 11.3 Å². The van der Waals surface area contributed by atoms with E-state index in [9.17, 15) is 5.11 Å². The Balaban J connectivity index is 2.61. The minimum atomic E-state index is -1.04. The highest BCUT2D eigenvalue weighted by Crippen LogP contribution is 2.45. The molecule has 2 N–H and O–H groups in total. The quantitative estimate of drug-likeness (QED) is 0.912. The van der Waals surface area contributed by atoms with Crippen LogP contribution in [-0.2, 0) is 0 Å². The molecule has 0 radical (unpaired) electrons. The van der Waals surface area contributed by atoms with Crippen LogP contribution in [0.5, 0.6) is 0 Å². The van der Waals surface area contributed by atoms with E-state index >= 15 is 0 Å². The third-order valence-corrected chi connectivity index (χ3v) is 4.35. The van der Waals surface area contributed by atoms with Crippen molar-refractivity contribution in [3.8, 4) is 0 Å². The summed E-state index contributed by atoms with van der Waals surface area (Å²) >= 11 is 6.32. The molecule has 1 aromatic carbocycles. The molecule has 0 saturated heterocycles. The minimum absolute atomic E-state index is 0.358. The first kappa shape index (κ1) is 15.0. The summed E-state index contributed by atoms with van der Waals surface area (Å²) in [5.74, 6) is 0.233. The number of aromatic amines is 1. The average Bonchev–Trinajstić information content (AvgIpc) is 2.84. The predicted octanol–water partition coefficient (Wildman–Crippen LogP) is 3.39. The minimum Gasteiger partial charge on any atom is -0.389 e. The molecule has 4 nitrogen and oxygen atoms in total. The zero-order valence-corrected chi connectivity index (χ0v) is 12.9. The van der Waals surface area contributed by atoms with Gasteiger partial charge in [0, 0.05) is 5.02 Å². The van der Waals surface area contributed by atoms with Crippen LogP contribution in [-0.4, -0.2) is 25.9 Å². The summed E-state index contributed by atoms with van der Waals surface area (Å²) in [7, 11) is 0. The zero-order valence-electron chi connectivity index (χ0n) is 12.2. The van der Waals surface area contributed by atoms with Gasteiger partial charge in [-0.1, -0.05) is 50.6 Å². The van der Waals surface area contributed by atoms with Gasteiger partial charge in [0.2, 0.25) is 0 Å². The highest BCUT2D eigenvalue weighted by atomic mass is 35.5. The molecule has 0 spiro atoms. The Labute approximate surface area is 124 Å². The second-order valence-corrected chi connectivity index (χ2v) is 6.63. The summed E-state index contributed by atoms with van der Waals surface area (Å²) in [5.41, 5.74) is -0.563. The van der Waals surface area contributed by atoms with E-state index in [2.05, 4.69) is 15.2 Å². The first-order chi connectivity index (χ1) is 9.25.